The number of nitrogens with one attached hydrogen (secondary N) is 2. The van der Waals surface area contributed by atoms with E-state index in [0.717, 1.165) is 35.6 Å². The summed E-state index contributed by atoms with van der Waals surface area (Å²) in [5, 5.41) is 3.01. The standard InChI is InChI=1S/C14H15N5/c1-15-12-7-5-11-14(18-12)19-13(17-11)6-4-10-3-2-8-16-9-10/h2-3,5,7-9H,4,6H2,1H3,(H2,15,17,18,19). The number of imidazole rings is 1. The molecule has 5 heteroatoms. The summed E-state index contributed by atoms with van der Waals surface area (Å²) >= 11 is 0. The van der Waals surface area contributed by atoms with Crippen LogP contribution in [-0.4, -0.2) is 27.0 Å². The van der Waals surface area contributed by atoms with Crippen LogP contribution in [0.2, 0.25) is 0 Å². The van der Waals surface area contributed by atoms with E-state index >= 15 is 0 Å². The summed E-state index contributed by atoms with van der Waals surface area (Å²) in [7, 11) is 1.85. The predicted molar refractivity (Wildman–Crippen MR) is 75.1 cm³/mol. The zero-order chi connectivity index (χ0) is 13.1. The van der Waals surface area contributed by atoms with E-state index in [0.29, 0.717) is 0 Å². The molecule has 3 rings (SSSR count). The first-order valence-corrected chi connectivity index (χ1v) is 6.27. The molecule has 0 aromatic carbocycles. The molecule has 2 N–H and O–H groups in total. The van der Waals surface area contributed by atoms with Crippen LogP contribution in [0.3, 0.4) is 0 Å². The number of nitrogens with zero attached hydrogens (tertiary/aromatic N) is 3. The van der Waals surface area contributed by atoms with E-state index in [1.807, 2.05) is 31.4 Å². The molecule has 3 aromatic heterocycles. The van der Waals surface area contributed by atoms with Gasteiger partial charge in [-0.15, -0.1) is 0 Å². The van der Waals surface area contributed by atoms with Crippen LogP contribution >= 0.6 is 0 Å². The Labute approximate surface area is 111 Å². The first-order chi connectivity index (χ1) is 9.35. The van der Waals surface area contributed by atoms with E-state index in [1.165, 1.54) is 5.56 Å². The Morgan fingerprint density at radius 1 is 1.16 bits per heavy atom. The van der Waals surface area contributed by atoms with Gasteiger partial charge in [-0.3, -0.25) is 4.98 Å². The minimum atomic E-state index is 0.757. The van der Waals surface area contributed by atoms with Gasteiger partial charge in [0, 0.05) is 25.9 Å². The van der Waals surface area contributed by atoms with Crippen LogP contribution in [-0.2, 0) is 12.8 Å². The molecule has 96 valence electrons. The van der Waals surface area contributed by atoms with Crippen LogP contribution in [0.25, 0.3) is 11.2 Å². The third kappa shape index (κ3) is 2.54. The molecule has 19 heavy (non-hydrogen) atoms. The summed E-state index contributed by atoms with van der Waals surface area (Å²) in [6.45, 7) is 0. The SMILES string of the molecule is CNc1ccc2[nH]c(CCc3cccnc3)nc2n1. The molecule has 0 atom stereocenters. The lowest BCUT2D eigenvalue weighted by Crippen LogP contribution is -1.93. The van der Waals surface area contributed by atoms with Gasteiger partial charge in [0.05, 0.1) is 5.52 Å². The molecule has 0 aliphatic rings. The number of hydrogen-bond acceptors (Lipinski definition) is 4. The molecule has 0 aliphatic carbocycles. The average Bonchev–Trinajstić information content (AvgIpc) is 2.88. The third-order valence-corrected chi connectivity index (χ3v) is 3.02. The molecule has 0 aliphatic heterocycles. The molecule has 3 aromatic rings. The predicted octanol–water partition coefficient (Wildman–Crippen LogP) is 2.18. The van der Waals surface area contributed by atoms with Gasteiger partial charge in [0.25, 0.3) is 0 Å². The fraction of sp³-hybridized carbons (Fsp3) is 0.214. The smallest absolute Gasteiger partial charge is 0.179 e. The van der Waals surface area contributed by atoms with E-state index in [9.17, 15) is 0 Å². The molecule has 0 unspecified atom stereocenters. The van der Waals surface area contributed by atoms with Gasteiger partial charge >= 0.3 is 0 Å². The molecular weight excluding hydrogens is 238 g/mol. The van der Waals surface area contributed by atoms with Crippen molar-refractivity contribution >= 4 is 17.0 Å². The number of aryl methyl sites for hydroxylation is 2. The van der Waals surface area contributed by atoms with Gasteiger partial charge in [-0.1, -0.05) is 6.07 Å². The number of pyridine rings is 2. The Morgan fingerprint density at radius 3 is 2.89 bits per heavy atom. The summed E-state index contributed by atoms with van der Waals surface area (Å²) in [4.78, 5) is 16.3. The molecule has 0 saturated carbocycles. The normalized spacial score (nSPS) is 10.8. The molecule has 3 heterocycles. The van der Waals surface area contributed by atoms with Crippen molar-refractivity contribution in [2.24, 2.45) is 0 Å². The average molecular weight is 253 g/mol. The Hall–Kier alpha value is -2.43. The van der Waals surface area contributed by atoms with Crippen molar-refractivity contribution in [3.05, 3.63) is 48.0 Å². The number of anilines is 1. The monoisotopic (exact) mass is 253 g/mol. The van der Waals surface area contributed by atoms with E-state index < -0.39 is 0 Å². The van der Waals surface area contributed by atoms with Crippen LogP contribution in [0.15, 0.2) is 36.7 Å². The lowest BCUT2D eigenvalue weighted by molar-refractivity contribution is 0.883. The third-order valence-electron chi connectivity index (χ3n) is 3.02. The number of aromatic nitrogens is 4. The molecule has 0 bridgehead atoms. The molecule has 0 amide bonds. The summed E-state index contributed by atoms with van der Waals surface area (Å²) in [6.07, 6.45) is 5.46. The van der Waals surface area contributed by atoms with Crippen molar-refractivity contribution in [2.75, 3.05) is 12.4 Å². The Morgan fingerprint density at radius 2 is 2.11 bits per heavy atom. The van der Waals surface area contributed by atoms with Gasteiger partial charge in [-0.05, 0) is 30.2 Å². The second-order valence-electron chi connectivity index (χ2n) is 4.36. The lowest BCUT2D eigenvalue weighted by atomic mass is 10.1. The quantitative estimate of drug-likeness (QED) is 0.748. The van der Waals surface area contributed by atoms with Crippen LogP contribution in [0.5, 0.6) is 0 Å². The minimum Gasteiger partial charge on any atom is -0.373 e. The summed E-state index contributed by atoms with van der Waals surface area (Å²) in [6, 6.07) is 7.96. The van der Waals surface area contributed by atoms with Gasteiger partial charge in [0.2, 0.25) is 0 Å². The Balaban J connectivity index is 1.78. The van der Waals surface area contributed by atoms with Gasteiger partial charge < -0.3 is 10.3 Å². The highest BCUT2D eigenvalue weighted by atomic mass is 15.0. The van der Waals surface area contributed by atoms with Crippen molar-refractivity contribution in [1.29, 1.82) is 0 Å². The maximum absolute atomic E-state index is 4.51. The molecular formula is C14H15N5. The first kappa shape index (κ1) is 11.6. The second kappa shape index (κ2) is 5.06. The number of rotatable bonds is 4. The van der Waals surface area contributed by atoms with E-state index in [1.54, 1.807) is 6.20 Å². The van der Waals surface area contributed by atoms with Crippen molar-refractivity contribution < 1.29 is 0 Å². The van der Waals surface area contributed by atoms with Gasteiger partial charge in [-0.25, -0.2) is 9.97 Å². The maximum atomic E-state index is 4.51. The van der Waals surface area contributed by atoms with Crippen molar-refractivity contribution in [1.82, 2.24) is 19.9 Å². The van der Waals surface area contributed by atoms with Crippen LogP contribution in [0, 0.1) is 0 Å². The van der Waals surface area contributed by atoms with Crippen LogP contribution < -0.4 is 5.32 Å². The fourth-order valence-corrected chi connectivity index (χ4v) is 2.01. The van der Waals surface area contributed by atoms with Crippen molar-refractivity contribution in [3.8, 4) is 0 Å². The highest BCUT2D eigenvalue weighted by molar-refractivity contribution is 5.72. The van der Waals surface area contributed by atoms with Gasteiger partial charge in [0.1, 0.15) is 11.6 Å². The highest BCUT2D eigenvalue weighted by Crippen LogP contribution is 2.13. The molecule has 0 spiro atoms. The molecule has 0 fully saturated rings. The number of hydrogen-bond donors (Lipinski definition) is 2. The Bertz CT molecular complexity index is 675. The second-order valence-corrected chi connectivity index (χ2v) is 4.36. The fourth-order valence-electron chi connectivity index (χ4n) is 2.01. The number of aromatic amines is 1. The van der Waals surface area contributed by atoms with E-state index in [4.69, 9.17) is 0 Å². The van der Waals surface area contributed by atoms with E-state index in [-0.39, 0.29) is 0 Å². The lowest BCUT2D eigenvalue weighted by Gasteiger charge is -1.97. The largest absolute Gasteiger partial charge is 0.373 e. The minimum absolute atomic E-state index is 0.757. The summed E-state index contributed by atoms with van der Waals surface area (Å²) < 4.78 is 0. The zero-order valence-corrected chi connectivity index (χ0v) is 10.7. The van der Waals surface area contributed by atoms with Crippen LogP contribution in [0.4, 0.5) is 5.82 Å². The van der Waals surface area contributed by atoms with E-state index in [2.05, 4.69) is 31.3 Å². The molecule has 0 radical (unpaired) electrons. The number of fused-ring (bicyclic) bond motifs is 1. The summed E-state index contributed by atoms with van der Waals surface area (Å²) in [5.74, 6) is 1.79. The Kier molecular flexibility index (Phi) is 3.10. The van der Waals surface area contributed by atoms with Gasteiger partial charge in [0.15, 0.2) is 5.65 Å². The first-order valence-electron chi connectivity index (χ1n) is 6.27. The van der Waals surface area contributed by atoms with Crippen LogP contribution in [0.1, 0.15) is 11.4 Å². The van der Waals surface area contributed by atoms with Crippen molar-refractivity contribution in [2.45, 2.75) is 12.8 Å². The van der Waals surface area contributed by atoms with Crippen molar-refractivity contribution in [3.63, 3.8) is 0 Å². The topological polar surface area (TPSA) is 66.5 Å². The number of H-pyrrole nitrogens is 1. The van der Waals surface area contributed by atoms with Gasteiger partial charge in [-0.2, -0.15) is 0 Å². The molecule has 5 nitrogen and oxygen atoms in total. The zero-order valence-electron chi connectivity index (χ0n) is 10.7. The highest BCUT2D eigenvalue weighted by Gasteiger charge is 2.05. The maximum Gasteiger partial charge on any atom is 0.179 e. The summed E-state index contributed by atoms with van der Waals surface area (Å²) in [5.41, 5.74) is 2.94. The molecule has 0 saturated heterocycles.